The molecule has 0 radical (unpaired) electrons. The zero-order valence-electron chi connectivity index (χ0n) is 15.0. The maximum Gasteiger partial charge on any atom is 0.243 e. The van der Waals surface area contributed by atoms with Crippen LogP contribution in [0, 0.1) is 0 Å². The standard InChI is InChI=1S/C21H16N2O4S/c1-23(13-14-6-5-11-22-12-14)28(26,27)18-10-4-9-17-19(18)21(25)16-8-3-2-7-15(16)20(17)24/h2-12H,13H2,1H3. The van der Waals surface area contributed by atoms with Crippen molar-refractivity contribution in [3.63, 3.8) is 0 Å². The Hall–Kier alpha value is -3.16. The summed E-state index contributed by atoms with van der Waals surface area (Å²) in [5, 5.41) is 0. The van der Waals surface area contributed by atoms with E-state index in [1.54, 1.807) is 48.8 Å². The van der Waals surface area contributed by atoms with Crippen LogP contribution in [0.15, 0.2) is 71.9 Å². The largest absolute Gasteiger partial charge is 0.289 e. The Kier molecular flexibility index (Phi) is 4.41. The van der Waals surface area contributed by atoms with Gasteiger partial charge in [0.2, 0.25) is 10.0 Å². The lowest BCUT2D eigenvalue weighted by molar-refractivity contribution is 0.0976. The number of ketones is 2. The van der Waals surface area contributed by atoms with Gasteiger partial charge in [-0.05, 0) is 17.7 Å². The highest BCUT2D eigenvalue weighted by Gasteiger charge is 2.35. The van der Waals surface area contributed by atoms with Gasteiger partial charge in [-0.2, -0.15) is 4.31 Å². The molecular formula is C21H16N2O4S. The number of fused-ring (bicyclic) bond motifs is 2. The number of carbonyl (C=O) groups is 2. The lowest BCUT2D eigenvalue weighted by Crippen LogP contribution is -2.30. The zero-order valence-corrected chi connectivity index (χ0v) is 15.8. The Morgan fingerprint density at radius 3 is 2.21 bits per heavy atom. The van der Waals surface area contributed by atoms with Gasteiger partial charge in [0.1, 0.15) is 0 Å². The van der Waals surface area contributed by atoms with Crippen LogP contribution in [0.3, 0.4) is 0 Å². The van der Waals surface area contributed by atoms with Gasteiger partial charge in [-0.1, -0.05) is 42.5 Å². The highest BCUT2D eigenvalue weighted by Crippen LogP contribution is 2.32. The van der Waals surface area contributed by atoms with Crippen molar-refractivity contribution in [1.29, 1.82) is 0 Å². The quantitative estimate of drug-likeness (QED) is 0.533. The fourth-order valence-electron chi connectivity index (χ4n) is 3.33. The number of nitrogens with zero attached hydrogens (tertiary/aromatic N) is 2. The molecule has 0 amide bonds. The third-order valence-corrected chi connectivity index (χ3v) is 6.58. The summed E-state index contributed by atoms with van der Waals surface area (Å²) in [5.41, 5.74) is 1.27. The minimum absolute atomic E-state index is 0.0655. The summed E-state index contributed by atoms with van der Waals surface area (Å²) >= 11 is 0. The Morgan fingerprint density at radius 2 is 1.54 bits per heavy atom. The molecule has 0 saturated heterocycles. The Balaban J connectivity index is 1.82. The number of sulfonamides is 1. The lowest BCUT2D eigenvalue weighted by atomic mass is 9.84. The molecule has 0 atom stereocenters. The molecule has 6 nitrogen and oxygen atoms in total. The molecule has 0 spiro atoms. The van der Waals surface area contributed by atoms with Crippen molar-refractivity contribution in [2.45, 2.75) is 11.4 Å². The normalized spacial score (nSPS) is 13.4. The SMILES string of the molecule is CN(Cc1cccnc1)S(=O)(=O)c1cccc2c1C(=O)c1ccccc1C2=O. The van der Waals surface area contributed by atoms with Crippen LogP contribution in [-0.4, -0.2) is 36.3 Å². The smallest absolute Gasteiger partial charge is 0.243 e. The molecule has 28 heavy (non-hydrogen) atoms. The summed E-state index contributed by atoms with van der Waals surface area (Å²) in [6, 6.07) is 14.3. The Bertz CT molecular complexity index is 1200. The Morgan fingerprint density at radius 1 is 0.857 bits per heavy atom. The van der Waals surface area contributed by atoms with E-state index in [9.17, 15) is 18.0 Å². The summed E-state index contributed by atoms with van der Waals surface area (Å²) in [6.45, 7) is 0.0958. The van der Waals surface area contributed by atoms with E-state index in [1.807, 2.05) is 0 Å². The molecule has 0 aliphatic heterocycles. The van der Waals surface area contributed by atoms with Crippen LogP contribution >= 0.6 is 0 Å². The first-order chi connectivity index (χ1) is 13.4. The van der Waals surface area contributed by atoms with Crippen LogP contribution in [0.5, 0.6) is 0 Å². The summed E-state index contributed by atoms with van der Waals surface area (Å²) in [6.07, 6.45) is 3.19. The van der Waals surface area contributed by atoms with Crippen molar-refractivity contribution in [2.75, 3.05) is 7.05 Å². The van der Waals surface area contributed by atoms with Crippen molar-refractivity contribution >= 4 is 21.6 Å². The average Bonchev–Trinajstić information content (AvgIpc) is 2.72. The second-order valence-corrected chi connectivity index (χ2v) is 8.52. The van der Waals surface area contributed by atoms with E-state index in [1.165, 1.54) is 25.2 Å². The van der Waals surface area contributed by atoms with Crippen LogP contribution in [0.1, 0.15) is 37.4 Å². The van der Waals surface area contributed by atoms with Gasteiger partial charge in [-0.25, -0.2) is 8.42 Å². The minimum Gasteiger partial charge on any atom is -0.289 e. The van der Waals surface area contributed by atoms with E-state index >= 15 is 0 Å². The lowest BCUT2D eigenvalue weighted by Gasteiger charge is -2.23. The number of hydrogen-bond donors (Lipinski definition) is 0. The first-order valence-corrected chi connectivity index (χ1v) is 10.0. The number of pyridine rings is 1. The topological polar surface area (TPSA) is 84.4 Å². The van der Waals surface area contributed by atoms with Gasteiger partial charge in [0.15, 0.2) is 11.6 Å². The summed E-state index contributed by atoms with van der Waals surface area (Å²) in [7, 11) is -2.57. The van der Waals surface area contributed by atoms with Gasteiger partial charge in [0, 0.05) is 42.7 Å². The maximum absolute atomic E-state index is 13.2. The van der Waals surface area contributed by atoms with E-state index in [0.29, 0.717) is 11.1 Å². The number of carbonyl (C=O) groups excluding carboxylic acids is 2. The molecule has 1 aliphatic carbocycles. The third-order valence-electron chi connectivity index (χ3n) is 4.73. The first kappa shape index (κ1) is 18.2. The van der Waals surface area contributed by atoms with Crippen molar-refractivity contribution in [3.8, 4) is 0 Å². The zero-order chi connectivity index (χ0) is 19.9. The molecule has 0 fully saturated rings. The van der Waals surface area contributed by atoms with Gasteiger partial charge >= 0.3 is 0 Å². The van der Waals surface area contributed by atoms with E-state index < -0.39 is 15.8 Å². The van der Waals surface area contributed by atoms with Gasteiger partial charge in [0.25, 0.3) is 0 Å². The molecule has 2 aromatic carbocycles. The summed E-state index contributed by atoms with van der Waals surface area (Å²) in [5.74, 6) is -0.809. The summed E-state index contributed by atoms with van der Waals surface area (Å²) < 4.78 is 27.6. The molecule has 140 valence electrons. The van der Waals surface area contributed by atoms with E-state index in [4.69, 9.17) is 0 Å². The van der Waals surface area contributed by atoms with Crippen molar-refractivity contribution < 1.29 is 18.0 Å². The van der Waals surface area contributed by atoms with Gasteiger partial charge in [0.05, 0.1) is 10.5 Å². The van der Waals surface area contributed by atoms with Crippen LogP contribution in [0.2, 0.25) is 0 Å². The van der Waals surface area contributed by atoms with Crippen molar-refractivity contribution in [1.82, 2.24) is 9.29 Å². The van der Waals surface area contributed by atoms with Crippen LogP contribution in [0.4, 0.5) is 0 Å². The fraction of sp³-hybridized carbons (Fsp3) is 0.0952. The van der Waals surface area contributed by atoms with Crippen LogP contribution in [-0.2, 0) is 16.6 Å². The molecule has 3 aromatic rings. The van der Waals surface area contributed by atoms with Gasteiger partial charge in [-0.3, -0.25) is 14.6 Å². The Labute approximate surface area is 162 Å². The number of benzene rings is 2. The number of aromatic nitrogens is 1. The molecule has 1 aliphatic rings. The number of rotatable bonds is 4. The predicted molar refractivity (Wildman–Crippen MR) is 103 cm³/mol. The molecule has 4 rings (SSSR count). The second-order valence-electron chi connectivity index (χ2n) is 6.50. The summed E-state index contributed by atoms with van der Waals surface area (Å²) in [4.78, 5) is 29.7. The molecule has 1 aromatic heterocycles. The minimum atomic E-state index is -4.01. The monoisotopic (exact) mass is 392 g/mol. The number of hydrogen-bond acceptors (Lipinski definition) is 5. The molecule has 0 unspecified atom stereocenters. The predicted octanol–water partition coefficient (Wildman–Crippen LogP) is 2.68. The van der Waals surface area contributed by atoms with Gasteiger partial charge < -0.3 is 0 Å². The molecule has 0 N–H and O–H groups in total. The van der Waals surface area contributed by atoms with E-state index in [0.717, 1.165) is 4.31 Å². The third kappa shape index (κ3) is 2.85. The molecular weight excluding hydrogens is 376 g/mol. The molecule has 7 heteroatoms. The van der Waals surface area contributed by atoms with Crippen molar-refractivity contribution in [3.05, 3.63) is 94.8 Å². The average molecular weight is 392 g/mol. The molecule has 0 bridgehead atoms. The van der Waals surface area contributed by atoms with Crippen molar-refractivity contribution in [2.24, 2.45) is 0 Å². The highest BCUT2D eigenvalue weighted by molar-refractivity contribution is 7.89. The van der Waals surface area contributed by atoms with Crippen LogP contribution in [0.25, 0.3) is 0 Å². The van der Waals surface area contributed by atoms with Crippen LogP contribution < -0.4 is 0 Å². The van der Waals surface area contributed by atoms with E-state index in [2.05, 4.69) is 4.98 Å². The highest BCUT2D eigenvalue weighted by atomic mass is 32.2. The molecule has 1 heterocycles. The second kappa shape index (κ2) is 6.78. The maximum atomic E-state index is 13.2. The fourth-order valence-corrected chi connectivity index (χ4v) is 4.70. The first-order valence-electron chi connectivity index (χ1n) is 8.58. The molecule has 0 saturated carbocycles. The van der Waals surface area contributed by atoms with Gasteiger partial charge in [-0.15, -0.1) is 0 Å². The van der Waals surface area contributed by atoms with E-state index in [-0.39, 0.29) is 33.9 Å².